The van der Waals surface area contributed by atoms with Crippen molar-refractivity contribution in [3.8, 4) is 0 Å². The van der Waals surface area contributed by atoms with E-state index in [0.717, 1.165) is 13.0 Å². The smallest absolute Gasteiger partial charge is 0.0360 e. The van der Waals surface area contributed by atoms with Gasteiger partial charge < -0.3 is 0 Å². The summed E-state index contributed by atoms with van der Waals surface area (Å²) in [6, 6.07) is 10.7. The summed E-state index contributed by atoms with van der Waals surface area (Å²) in [4.78, 5) is 4.41. The van der Waals surface area contributed by atoms with Gasteiger partial charge in [0.25, 0.3) is 0 Å². The zero-order valence-electron chi connectivity index (χ0n) is 10.0. The average Bonchev–Trinajstić information content (AvgIpc) is 2.27. The van der Waals surface area contributed by atoms with Gasteiger partial charge in [-0.05, 0) is 38.2 Å². The molecule has 0 fully saturated rings. The minimum absolute atomic E-state index is 0.633. The molecule has 0 aliphatic heterocycles. The van der Waals surface area contributed by atoms with Crippen molar-refractivity contribution in [1.82, 2.24) is 0 Å². The quantitative estimate of drug-likeness (QED) is 0.640. The Hall–Kier alpha value is -1.11. The zero-order valence-corrected chi connectivity index (χ0v) is 10.0. The maximum absolute atomic E-state index is 4.41. The summed E-state index contributed by atoms with van der Waals surface area (Å²) in [6.07, 6.45) is 2.31. The lowest BCUT2D eigenvalue weighted by atomic mass is 9.95. The van der Waals surface area contributed by atoms with Gasteiger partial charge in [0.2, 0.25) is 0 Å². The Morgan fingerprint density at radius 3 is 2.53 bits per heavy atom. The molecule has 0 N–H and O–H groups in total. The maximum atomic E-state index is 4.41. The number of hydrogen-bond acceptors (Lipinski definition) is 1. The van der Waals surface area contributed by atoms with Crippen LogP contribution in [-0.4, -0.2) is 12.3 Å². The number of rotatable bonds is 5. The van der Waals surface area contributed by atoms with Gasteiger partial charge in [-0.3, -0.25) is 4.99 Å². The summed E-state index contributed by atoms with van der Waals surface area (Å²) in [5.41, 5.74) is 2.71. The molecule has 0 saturated carbocycles. The van der Waals surface area contributed by atoms with Crippen molar-refractivity contribution in [1.29, 1.82) is 0 Å². The van der Waals surface area contributed by atoms with Crippen LogP contribution in [0, 0.1) is 0 Å². The lowest BCUT2D eigenvalue weighted by Crippen LogP contribution is -1.98. The number of nitrogens with zero attached hydrogens (tertiary/aromatic N) is 1. The standard InChI is InChI=1S/C14H21N/c1-4-15-13(3)11-10-12(2)14-8-6-5-7-9-14/h5-9,12H,4,10-11H2,1-3H3/t12-/m0/s1. The van der Waals surface area contributed by atoms with Gasteiger partial charge in [0.05, 0.1) is 0 Å². The van der Waals surface area contributed by atoms with Gasteiger partial charge in [-0.25, -0.2) is 0 Å². The SMILES string of the molecule is CCN=C(C)CC[C@H](C)c1ccccc1. The summed E-state index contributed by atoms with van der Waals surface area (Å²) in [5.74, 6) is 0.633. The van der Waals surface area contributed by atoms with Crippen molar-refractivity contribution in [2.45, 2.75) is 39.5 Å². The molecule has 1 aromatic carbocycles. The van der Waals surface area contributed by atoms with E-state index in [2.05, 4.69) is 56.1 Å². The molecule has 1 rings (SSSR count). The highest BCUT2D eigenvalue weighted by atomic mass is 14.7. The molecule has 1 atom stereocenters. The molecule has 0 saturated heterocycles. The van der Waals surface area contributed by atoms with Crippen molar-refractivity contribution in [2.75, 3.05) is 6.54 Å². The van der Waals surface area contributed by atoms with E-state index in [1.165, 1.54) is 17.7 Å². The van der Waals surface area contributed by atoms with Crippen LogP contribution in [-0.2, 0) is 0 Å². The Balaban J connectivity index is 2.43. The van der Waals surface area contributed by atoms with E-state index in [9.17, 15) is 0 Å². The van der Waals surface area contributed by atoms with E-state index < -0.39 is 0 Å². The number of aliphatic imine (C=N–C) groups is 1. The van der Waals surface area contributed by atoms with E-state index in [1.807, 2.05) is 0 Å². The molecule has 0 amide bonds. The van der Waals surface area contributed by atoms with E-state index >= 15 is 0 Å². The molecule has 0 aromatic heterocycles. The summed E-state index contributed by atoms with van der Waals surface area (Å²) in [5, 5.41) is 0. The fourth-order valence-corrected chi connectivity index (χ4v) is 1.72. The molecule has 0 bridgehead atoms. The summed E-state index contributed by atoms with van der Waals surface area (Å²) in [6.45, 7) is 7.41. The molecular weight excluding hydrogens is 182 g/mol. The minimum atomic E-state index is 0.633. The van der Waals surface area contributed by atoms with Crippen LogP contribution in [0.3, 0.4) is 0 Å². The Morgan fingerprint density at radius 1 is 1.27 bits per heavy atom. The van der Waals surface area contributed by atoms with Crippen molar-refractivity contribution in [3.63, 3.8) is 0 Å². The van der Waals surface area contributed by atoms with Gasteiger partial charge in [-0.1, -0.05) is 37.3 Å². The minimum Gasteiger partial charge on any atom is -0.295 e. The molecule has 15 heavy (non-hydrogen) atoms. The van der Waals surface area contributed by atoms with E-state index in [4.69, 9.17) is 0 Å². The predicted molar refractivity (Wildman–Crippen MR) is 67.7 cm³/mol. The van der Waals surface area contributed by atoms with Gasteiger partial charge >= 0.3 is 0 Å². The summed E-state index contributed by atoms with van der Waals surface area (Å²) < 4.78 is 0. The highest BCUT2D eigenvalue weighted by Crippen LogP contribution is 2.20. The normalized spacial score (nSPS) is 13.9. The van der Waals surface area contributed by atoms with Crippen LogP contribution in [0.2, 0.25) is 0 Å². The van der Waals surface area contributed by atoms with Crippen molar-refractivity contribution >= 4 is 5.71 Å². The number of benzene rings is 1. The maximum Gasteiger partial charge on any atom is 0.0360 e. The van der Waals surface area contributed by atoms with Crippen LogP contribution < -0.4 is 0 Å². The number of hydrogen-bond donors (Lipinski definition) is 0. The Labute approximate surface area is 93.2 Å². The van der Waals surface area contributed by atoms with Crippen molar-refractivity contribution in [2.24, 2.45) is 4.99 Å². The van der Waals surface area contributed by atoms with Gasteiger partial charge in [0.15, 0.2) is 0 Å². The van der Waals surface area contributed by atoms with E-state index in [1.54, 1.807) is 0 Å². The first-order chi connectivity index (χ1) is 7.24. The monoisotopic (exact) mass is 203 g/mol. The third kappa shape index (κ3) is 4.28. The second-order valence-corrected chi connectivity index (χ2v) is 4.06. The molecule has 1 aromatic rings. The molecule has 1 heteroatoms. The Morgan fingerprint density at radius 2 is 1.93 bits per heavy atom. The summed E-state index contributed by atoms with van der Waals surface area (Å²) >= 11 is 0. The summed E-state index contributed by atoms with van der Waals surface area (Å²) in [7, 11) is 0. The van der Waals surface area contributed by atoms with Crippen LogP contribution >= 0.6 is 0 Å². The van der Waals surface area contributed by atoms with Crippen molar-refractivity contribution in [3.05, 3.63) is 35.9 Å². The third-order valence-corrected chi connectivity index (χ3v) is 2.74. The molecule has 0 radical (unpaired) electrons. The van der Waals surface area contributed by atoms with Gasteiger partial charge in [0, 0.05) is 12.3 Å². The molecule has 0 unspecified atom stereocenters. The second-order valence-electron chi connectivity index (χ2n) is 4.06. The van der Waals surface area contributed by atoms with Gasteiger partial charge in [-0.15, -0.1) is 0 Å². The van der Waals surface area contributed by atoms with Gasteiger partial charge in [0.1, 0.15) is 0 Å². The molecule has 0 aliphatic rings. The first kappa shape index (κ1) is 12.0. The lowest BCUT2D eigenvalue weighted by molar-refractivity contribution is 0.701. The first-order valence-electron chi connectivity index (χ1n) is 5.79. The average molecular weight is 203 g/mol. The largest absolute Gasteiger partial charge is 0.295 e. The fraction of sp³-hybridized carbons (Fsp3) is 0.500. The van der Waals surface area contributed by atoms with Crippen LogP contribution in [0.25, 0.3) is 0 Å². The molecule has 0 aliphatic carbocycles. The van der Waals surface area contributed by atoms with Crippen LogP contribution in [0.1, 0.15) is 45.1 Å². The molecule has 0 spiro atoms. The Kier molecular flexibility index (Phi) is 5.09. The molecule has 0 heterocycles. The molecule has 82 valence electrons. The molecular formula is C14H21N. The second kappa shape index (κ2) is 6.39. The van der Waals surface area contributed by atoms with Crippen LogP contribution in [0.4, 0.5) is 0 Å². The van der Waals surface area contributed by atoms with Crippen molar-refractivity contribution < 1.29 is 0 Å². The molecule has 1 nitrogen and oxygen atoms in total. The lowest BCUT2D eigenvalue weighted by Gasteiger charge is -2.11. The van der Waals surface area contributed by atoms with E-state index in [-0.39, 0.29) is 0 Å². The predicted octanol–water partition coefficient (Wildman–Crippen LogP) is 4.05. The first-order valence-corrected chi connectivity index (χ1v) is 5.79. The highest BCUT2D eigenvalue weighted by molar-refractivity contribution is 5.81. The third-order valence-electron chi connectivity index (χ3n) is 2.74. The zero-order chi connectivity index (χ0) is 11.1. The van der Waals surface area contributed by atoms with Crippen LogP contribution in [0.5, 0.6) is 0 Å². The highest BCUT2D eigenvalue weighted by Gasteiger charge is 2.04. The fourth-order valence-electron chi connectivity index (χ4n) is 1.72. The Bertz CT molecular complexity index is 300. The van der Waals surface area contributed by atoms with E-state index in [0.29, 0.717) is 5.92 Å². The van der Waals surface area contributed by atoms with Gasteiger partial charge in [-0.2, -0.15) is 0 Å². The topological polar surface area (TPSA) is 12.4 Å². The van der Waals surface area contributed by atoms with Crippen LogP contribution in [0.15, 0.2) is 35.3 Å².